The van der Waals surface area contributed by atoms with E-state index >= 15 is 0 Å². The van der Waals surface area contributed by atoms with Gasteiger partial charge in [0.15, 0.2) is 5.82 Å². The molecule has 0 radical (unpaired) electrons. The van der Waals surface area contributed by atoms with Crippen LogP contribution in [0.5, 0.6) is 0 Å². The van der Waals surface area contributed by atoms with E-state index in [0.717, 1.165) is 17.0 Å². The summed E-state index contributed by atoms with van der Waals surface area (Å²) in [6.07, 6.45) is 0. The SMILES string of the molecule is Cc1oc(-c2ccccc2)nc1CSc1nnc(-c2ccccc2F)n1N. The number of aryl methyl sites for hydroxylation is 1. The van der Waals surface area contributed by atoms with Crippen molar-refractivity contribution in [3.05, 3.63) is 71.9 Å². The number of halogens is 1. The highest BCUT2D eigenvalue weighted by Gasteiger charge is 2.17. The molecule has 0 aliphatic carbocycles. The molecule has 0 saturated heterocycles. The number of aromatic nitrogens is 4. The Kier molecular flexibility index (Phi) is 4.64. The minimum Gasteiger partial charge on any atom is -0.441 e. The zero-order valence-corrected chi connectivity index (χ0v) is 15.3. The normalized spacial score (nSPS) is 11.0. The summed E-state index contributed by atoms with van der Waals surface area (Å²) < 4.78 is 21.0. The molecule has 0 aliphatic rings. The van der Waals surface area contributed by atoms with Gasteiger partial charge in [-0.1, -0.05) is 42.1 Å². The summed E-state index contributed by atoms with van der Waals surface area (Å²) in [5.74, 6) is 7.76. The van der Waals surface area contributed by atoms with Crippen molar-refractivity contribution in [3.63, 3.8) is 0 Å². The topological polar surface area (TPSA) is 82.8 Å². The summed E-state index contributed by atoms with van der Waals surface area (Å²) in [5, 5.41) is 8.56. The molecule has 2 N–H and O–H groups in total. The van der Waals surface area contributed by atoms with Crippen molar-refractivity contribution in [3.8, 4) is 22.8 Å². The molecule has 6 nitrogen and oxygen atoms in total. The first kappa shape index (κ1) is 17.3. The zero-order valence-electron chi connectivity index (χ0n) is 14.5. The molecule has 8 heteroatoms. The molecule has 4 rings (SSSR count). The van der Waals surface area contributed by atoms with Crippen LogP contribution in [0.1, 0.15) is 11.5 Å². The maximum atomic E-state index is 14.0. The van der Waals surface area contributed by atoms with E-state index in [1.165, 1.54) is 22.5 Å². The summed E-state index contributed by atoms with van der Waals surface area (Å²) in [6.45, 7) is 1.87. The monoisotopic (exact) mass is 381 g/mol. The van der Waals surface area contributed by atoms with Crippen LogP contribution in [0.25, 0.3) is 22.8 Å². The maximum Gasteiger partial charge on any atom is 0.226 e. The van der Waals surface area contributed by atoms with Crippen molar-refractivity contribution in [1.29, 1.82) is 0 Å². The maximum absolute atomic E-state index is 14.0. The van der Waals surface area contributed by atoms with Gasteiger partial charge < -0.3 is 10.3 Å². The Hall–Kier alpha value is -3.13. The lowest BCUT2D eigenvalue weighted by molar-refractivity contribution is 0.540. The number of nitrogen functional groups attached to an aromatic ring is 1. The Morgan fingerprint density at radius 1 is 1.07 bits per heavy atom. The largest absolute Gasteiger partial charge is 0.441 e. The van der Waals surface area contributed by atoms with Gasteiger partial charge >= 0.3 is 0 Å². The van der Waals surface area contributed by atoms with Gasteiger partial charge in [-0.15, -0.1) is 10.2 Å². The van der Waals surface area contributed by atoms with Gasteiger partial charge in [0.25, 0.3) is 0 Å². The highest BCUT2D eigenvalue weighted by molar-refractivity contribution is 7.98. The second kappa shape index (κ2) is 7.24. The van der Waals surface area contributed by atoms with Gasteiger partial charge in [0.05, 0.1) is 11.3 Å². The number of nitrogens with two attached hydrogens (primary N) is 1. The lowest BCUT2D eigenvalue weighted by atomic mass is 10.2. The summed E-state index contributed by atoms with van der Waals surface area (Å²) in [4.78, 5) is 4.56. The lowest BCUT2D eigenvalue weighted by Gasteiger charge is -2.04. The van der Waals surface area contributed by atoms with Crippen LogP contribution in [0.2, 0.25) is 0 Å². The van der Waals surface area contributed by atoms with E-state index < -0.39 is 5.82 Å². The fraction of sp³-hybridized carbons (Fsp3) is 0.105. The van der Waals surface area contributed by atoms with Gasteiger partial charge in [0, 0.05) is 11.3 Å². The number of rotatable bonds is 5. The standard InChI is InChI=1S/C19H16FN5OS/c1-12-16(22-18(26-12)13-7-3-2-4-8-13)11-27-19-24-23-17(25(19)21)14-9-5-6-10-15(14)20/h2-10H,11,21H2,1H3. The van der Waals surface area contributed by atoms with Crippen molar-refractivity contribution in [1.82, 2.24) is 19.9 Å². The minimum absolute atomic E-state index is 0.275. The molecule has 2 heterocycles. The molecule has 0 bridgehead atoms. The molecule has 0 saturated carbocycles. The molecule has 2 aromatic heterocycles. The van der Waals surface area contributed by atoms with E-state index in [1.54, 1.807) is 18.2 Å². The third-order valence-corrected chi connectivity index (χ3v) is 4.99. The molecule has 27 heavy (non-hydrogen) atoms. The molecular formula is C19H16FN5OS. The number of nitrogens with zero attached hydrogens (tertiary/aromatic N) is 4. The van der Waals surface area contributed by atoms with E-state index in [4.69, 9.17) is 10.3 Å². The van der Waals surface area contributed by atoms with E-state index in [2.05, 4.69) is 15.2 Å². The Morgan fingerprint density at radius 2 is 1.81 bits per heavy atom. The fourth-order valence-electron chi connectivity index (χ4n) is 2.60. The lowest BCUT2D eigenvalue weighted by Crippen LogP contribution is -2.12. The molecule has 0 atom stereocenters. The Balaban J connectivity index is 1.53. The molecule has 0 aliphatic heterocycles. The van der Waals surface area contributed by atoms with Crippen molar-refractivity contribution >= 4 is 11.8 Å². The van der Waals surface area contributed by atoms with Crippen LogP contribution in [-0.2, 0) is 5.75 Å². The average Bonchev–Trinajstić information content (AvgIpc) is 3.24. The third kappa shape index (κ3) is 3.43. The minimum atomic E-state index is -0.395. The molecule has 4 aromatic rings. The van der Waals surface area contributed by atoms with Crippen molar-refractivity contribution in [2.45, 2.75) is 17.8 Å². The highest BCUT2D eigenvalue weighted by Crippen LogP contribution is 2.28. The molecule has 2 aromatic carbocycles. The molecule has 0 unspecified atom stereocenters. The van der Waals surface area contributed by atoms with Crippen molar-refractivity contribution in [2.75, 3.05) is 5.84 Å². The van der Waals surface area contributed by atoms with Gasteiger partial charge in [0.1, 0.15) is 11.6 Å². The van der Waals surface area contributed by atoms with Crippen LogP contribution >= 0.6 is 11.8 Å². The Morgan fingerprint density at radius 3 is 2.59 bits per heavy atom. The second-order valence-electron chi connectivity index (χ2n) is 5.83. The fourth-order valence-corrected chi connectivity index (χ4v) is 3.46. The first-order valence-electron chi connectivity index (χ1n) is 8.23. The zero-order chi connectivity index (χ0) is 18.8. The highest BCUT2D eigenvalue weighted by atomic mass is 32.2. The number of oxazole rings is 1. The smallest absolute Gasteiger partial charge is 0.226 e. The number of thioether (sulfide) groups is 1. The van der Waals surface area contributed by atoms with Gasteiger partial charge in [-0.3, -0.25) is 0 Å². The predicted molar refractivity (Wildman–Crippen MR) is 102 cm³/mol. The summed E-state index contributed by atoms with van der Waals surface area (Å²) in [7, 11) is 0. The molecule has 136 valence electrons. The Labute approximate surface area is 159 Å². The van der Waals surface area contributed by atoms with Crippen LogP contribution in [-0.4, -0.2) is 19.9 Å². The van der Waals surface area contributed by atoms with E-state index in [9.17, 15) is 4.39 Å². The third-order valence-electron chi connectivity index (χ3n) is 4.03. The number of hydrogen-bond donors (Lipinski definition) is 1. The van der Waals surface area contributed by atoms with E-state index in [0.29, 0.717) is 22.4 Å². The summed E-state index contributed by atoms with van der Waals surface area (Å²) in [6, 6.07) is 16.0. The van der Waals surface area contributed by atoms with Crippen LogP contribution in [0.3, 0.4) is 0 Å². The first-order chi connectivity index (χ1) is 13.1. The van der Waals surface area contributed by atoms with E-state index in [-0.39, 0.29) is 5.82 Å². The number of hydrogen-bond acceptors (Lipinski definition) is 6. The van der Waals surface area contributed by atoms with Gasteiger partial charge in [-0.2, -0.15) is 0 Å². The van der Waals surface area contributed by atoms with E-state index in [1.807, 2.05) is 37.3 Å². The van der Waals surface area contributed by atoms with Crippen LogP contribution in [0.4, 0.5) is 4.39 Å². The summed E-state index contributed by atoms with van der Waals surface area (Å²) in [5.41, 5.74) is 2.03. The van der Waals surface area contributed by atoms with Gasteiger partial charge in [0.2, 0.25) is 11.0 Å². The van der Waals surface area contributed by atoms with Crippen molar-refractivity contribution in [2.24, 2.45) is 0 Å². The van der Waals surface area contributed by atoms with Gasteiger partial charge in [-0.05, 0) is 31.2 Å². The van der Waals surface area contributed by atoms with Crippen molar-refractivity contribution < 1.29 is 8.81 Å². The van der Waals surface area contributed by atoms with Crippen LogP contribution < -0.4 is 5.84 Å². The average molecular weight is 381 g/mol. The molecule has 0 amide bonds. The Bertz CT molecular complexity index is 1080. The molecular weight excluding hydrogens is 365 g/mol. The summed E-state index contributed by atoms with van der Waals surface area (Å²) >= 11 is 1.36. The first-order valence-corrected chi connectivity index (χ1v) is 9.22. The molecule has 0 spiro atoms. The number of benzene rings is 2. The second-order valence-corrected chi connectivity index (χ2v) is 6.78. The van der Waals surface area contributed by atoms with Gasteiger partial charge in [-0.25, -0.2) is 14.1 Å². The molecule has 0 fully saturated rings. The predicted octanol–water partition coefficient (Wildman–Crippen LogP) is 4.05. The quantitative estimate of drug-likeness (QED) is 0.415. The van der Waals surface area contributed by atoms with Crippen LogP contribution in [0, 0.1) is 12.7 Å². The van der Waals surface area contributed by atoms with Crippen LogP contribution in [0.15, 0.2) is 64.2 Å².